The van der Waals surface area contributed by atoms with Crippen LogP contribution in [-0.2, 0) is 14.3 Å². The van der Waals surface area contributed by atoms with E-state index in [4.69, 9.17) is 4.74 Å². The molecule has 0 aromatic carbocycles. The zero-order valence-corrected chi connectivity index (χ0v) is 14.6. The smallest absolute Gasteiger partial charge is 0.168 e. The number of hydrogen-bond acceptors (Lipinski definition) is 3. The van der Waals surface area contributed by atoms with E-state index in [1.807, 2.05) is 0 Å². The molecule has 3 heteroatoms. The van der Waals surface area contributed by atoms with Gasteiger partial charge in [0.25, 0.3) is 0 Å². The molecule has 128 valence electrons. The van der Waals surface area contributed by atoms with E-state index in [1.165, 1.54) is 5.57 Å². The van der Waals surface area contributed by atoms with Gasteiger partial charge in [0.05, 0.1) is 0 Å². The molecule has 6 fully saturated rings. The number of rotatable bonds is 0. The lowest BCUT2D eigenvalue weighted by Gasteiger charge is -2.59. The van der Waals surface area contributed by atoms with E-state index < -0.39 is 0 Å². The van der Waals surface area contributed by atoms with Crippen molar-refractivity contribution in [3.8, 4) is 0 Å². The summed E-state index contributed by atoms with van der Waals surface area (Å²) < 4.78 is 6.19. The van der Waals surface area contributed by atoms with Crippen LogP contribution in [0.5, 0.6) is 0 Å². The van der Waals surface area contributed by atoms with E-state index >= 15 is 0 Å². The molecule has 3 unspecified atom stereocenters. The van der Waals surface area contributed by atoms with E-state index in [-0.39, 0.29) is 28.5 Å². The number of hydrogen-bond donors (Lipinski definition) is 0. The highest BCUT2D eigenvalue weighted by molar-refractivity contribution is 5.95. The lowest BCUT2D eigenvalue weighted by atomic mass is 9.44. The summed E-state index contributed by atoms with van der Waals surface area (Å²) in [4.78, 5) is 25.1. The van der Waals surface area contributed by atoms with Crippen molar-refractivity contribution in [1.82, 2.24) is 0 Å². The zero-order valence-electron chi connectivity index (χ0n) is 14.6. The molecule has 0 radical (unpaired) electrons. The summed E-state index contributed by atoms with van der Waals surface area (Å²) >= 11 is 0. The number of carbonyl (C=O) groups is 2. The Kier molecular flexibility index (Phi) is 2.22. The fourth-order valence-corrected chi connectivity index (χ4v) is 8.19. The SMILES string of the molecule is C=C1C[C@H]2[C@@H]3CCC(=O)[C@@]3(C)CC[C@@H]2[C@@]2(C)C3C[C@@H]3C(=O)C3OC132. The Morgan fingerprint density at radius 2 is 1.92 bits per heavy atom. The lowest BCUT2D eigenvalue weighted by molar-refractivity contribution is -0.137. The number of Topliss-reactive ketones (excluding diaryl/α,β-unsaturated/α-hetero) is 2. The molecule has 1 spiro atoms. The third-order valence-corrected chi connectivity index (χ3v) is 9.52. The second-order valence-electron chi connectivity index (χ2n) is 9.97. The largest absolute Gasteiger partial charge is 0.352 e. The Hall–Kier alpha value is -0.960. The molecule has 1 aliphatic heterocycles. The average Bonchev–Trinajstić information content (AvgIpc) is 3.42. The van der Waals surface area contributed by atoms with E-state index in [1.54, 1.807) is 0 Å². The molecule has 0 amide bonds. The minimum Gasteiger partial charge on any atom is -0.352 e. The first-order valence-corrected chi connectivity index (χ1v) is 9.79. The van der Waals surface area contributed by atoms with Crippen LogP contribution in [0.25, 0.3) is 0 Å². The van der Waals surface area contributed by atoms with Gasteiger partial charge >= 0.3 is 0 Å². The van der Waals surface area contributed by atoms with Gasteiger partial charge in [0.1, 0.15) is 11.4 Å². The normalized spacial score (nSPS) is 63.0. The predicted octanol–water partition coefficient (Wildman–Crippen LogP) is 3.32. The van der Waals surface area contributed by atoms with Gasteiger partial charge in [-0.15, -0.1) is 0 Å². The van der Waals surface area contributed by atoms with Gasteiger partial charge < -0.3 is 4.74 Å². The fraction of sp³-hybridized carbons (Fsp3) is 0.810. The summed E-state index contributed by atoms with van der Waals surface area (Å²) in [6.07, 6.45) is 5.82. The second kappa shape index (κ2) is 3.75. The molecule has 3 nitrogen and oxygen atoms in total. The molecular formula is C21H26O3. The standard InChI is InChI=1S/C21H26O3/c1-10-8-11-13-4-5-16(22)19(13,2)7-6-14(11)20(3)15-9-12(15)17(23)18-21(10,20)24-18/h11-15,18H,1,4-9H2,2-3H3/t11-,12-,13-,14-,15?,18?,19-,20-,21?/m0/s1. The fourth-order valence-electron chi connectivity index (χ4n) is 8.19. The van der Waals surface area contributed by atoms with Crippen molar-refractivity contribution in [3.05, 3.63) is 12.2 Å². The van der Waals surface area contributed by atoms with Gasteiger partial charge in [0.2, 0.25) is 0 Å². The third kappa shape index (κ3) is 1.20. The van der Waals surface area contributed by atoms with Crippen LogP contribution in [0.4, 0.5) is 0 Å². The van der Waals surface area contributed by atoms with Gasteiger partial charge in [-0.25, -0.2) is 0 Å². The van der Waals surface area contributed by atoms with Crippen LogP contribution >= 0.6 is 0 Å². The summed E-state index contributed by atoms with van der Waals surface area (Å²) in [6.45, 7) is 9.06. The molecule has 5 aliphatic carbocycles. The Morgan fingerprint density at radius 1 is 1.12 bits per heavy atom. The maximum atomic E-state index is 12.6. The van der Waals surface area contributed by atoms with Crippen molar-refractivity contribution in [2.24, 2.45) is 40.4 Å². The van der Waals surface area contributed by atoms with Gasteiger partial charge in [0.15, 0.2) is 11.9 Å². The summed E-state index contributed by atoms with van der Waals surface area (Å²) in [5.41, 5.74) is 0.792. The van der Waals surface area contributed by atoms with Gasteiger partial charge in [-0.2, -0.15) is 0 Å². The summed E-state index contributed by atoms with van der Waals surface area (Å²) in [7, 11) is 0. The summed E-state index contributed by atoms with van der Waals surface area (Å²) in [5, 5.41) is 0. The van der Waals surface area contributed by atoms with Crippen molar-refractivity contribution >= 4 is 11.6 Å². The molecule has 9 atom stereocenters. The quantitative estimate of drug-likeness (QED) is 0.507. The van der Waals surface area contributed by atoms with E-state index in [0.29, 0.717) is 35.2 Å². The number of ketones is 2. The summed E-state index contributed by atoms with van der Waals surface area (Å²) in [5.74, 6) is 3.27. The molecule has 0 aromatic rings. The van der Waals surface area contributed by atoms with Crippen molar-refractivity contribution in [2.45, 2.75) is 64.1 Å². The maximum Gasteiger partial charge on any atom is 0.168 e. The minimum absolute atomic E-state index is 0.0726. The van der Waals surface area contributed by atoms with Crippen molar-refractivity contribution in [3.63, 3.8) is 0 Å². The highest BCUT2D eigenvalue weighted by Crippen LogP contribution is 2.79. The second-order valence-corrected chi connectivity index (χ2v) is 9.97. The Labute approximate surface area is 143 Å². The zero-order chi connectivity index (χ0) is 16.6. The van der Waals surface area contributed by atoms with Gasteiger partial charge in [0, 0.05) is 23.2 Å². The van der Waals surface area contributed by atoms with Gasteiger partial charge in [-0.1, -0.05) is 20.4 Å². The van der Waals surface area contributed by atoms with E-state index in [0.717, 1.165) is 38.5 Å². The van der Waals surface area contributed by atoms with E-state index in [2.05, 4.69) is 20.4 Å². The van der Waals surface area contributed by atoms with Crippen LogP contribution in [0.2, 0.25) is 0 Å². The Balaban J connectivity index is 1.47. The average molecular weight is 326 g/mol. The van der Waals surface area contributed by atoms with Gasteiger partial charge in [-0.05, 0) is 61.3 Å². The molecule has 24 heavy (non-hydrogen) atoms. The molecule has 6 rings (SSSR count). The molecule has 5 saturated carbocycles. The first-order valence-electron chi connectivity index (χ1n) is 9.79. The maximum absolute atomic E-state index is 12.6. The van der Waals surface area contributed by atoms with Crippen molar-refractivity contribution in [1.29, 1.82) is 0 Å². The summed E-state index contributed by atoms with van der Waals surface area (Å²) in [6, 6.07) is 0. The first-order chi connectivity index (χ1) is 11.4. The molecular weight excluding hydrogens is 300 g/mol. The van der Waals surface area contributed by atoms with E-state index in [9.17, 15) is 9.59 Å². The number of ether oxygens (including phenoxy) is 1. The number of carbonyl (C=O) groups excluding carboxylic acids is 2. The molecule has 1 heterocycles. The first kappa shape index (κ1) is 14.2. The van der Waals surface area contributed by atoms with Crippen LogP contribution in [0.15, 0.2) is 12.2 Å². The highest BCUT2D eigenvalue weighted by atomic mass is 16.6. The molecule has 6 aliphatic rings. The van der Waals surface area contributed by atoms with Crippen LogP contribution in [0.1, 0.15) is 52.4 Å². The van der Waals surface area contributed by atoms with Crippen LogP contribution in [0, 0.1) is 40.4 Å². The Morgan fingerprint density at radius 3 is 2.71 bits per heavy atom. The number of fused-ring (bicyclic) bond motifs is 6. The number of epoxide rings is 1. The van der Waals surface area contributed by atoms with Crippen LogP contribution < -0.4 is 0 Å². The monoisotopic (exact) mass is 326 g/mol. The van der Waals surface area contributed by atoms with Gasteiger partial charge in [-0.3, -0.25) is 9.59 Å². The molecule has 0 bridgehead atoms. The van der Waals surface area contributed by atoms with Crippen molar-refractivity contribution < 1.29 is 14.3 Å². The molecule has 0 N–H and O–H groups in total. The predicted molar refractivity (Wildman–Crippen MR) is 88.1 cm³/mol. The highest BCUT2D eigenvalue weighted by Gasteiger charge is 2.85. The Bertz CT molecular complexity index is 725. The van der Waals surface area contributed by atoms with Crippen LogP contribution in [0.3, 0.4) is 0 Å². The molecule has 0 aromatic heterocycles. The molecule has 1 saturated heterocycles. The minimum atomic E-state index is -0.348. The van der Waals surface area contributed by atoms with Crippen LogP contribution in [-0.4, -0.2) is 23.3 Å². The third-order valence-electron chi connectivity index (χ3n) is 9.52. The lowest BCUT2D eigenvalue weighted by Crippen LogP contribution is -2.60. The van der Waals surface area contributed by atoms with Crippen molar-refractivity contribution in [2.75, 3.05) is 0 Å². The topological polar surface area (TPSA) is 46.7 Å².